The topological polar surface area (TPSA) is 49.8 Å². The Kier molecular flexibility index (Phi) is 4.99. The Morgan fingerprint density at radius 3 is 2.74 bits per heavy atom. The van der Waals surface area contributed by atoms with Crippen molar-refractivity contribution in [2.24, 2.45) is 0 Å². The van der Waals surface area contributed by atoms with E-state index >= 15 is 0 Å². The van der Waals surface area contributed by atoms with Gasteiger partial charge in [-0.3, -0.25) is 9.69 Å². The maximum atomic E-state index is 13.2. The summed E-state index contributed by atoms with van der Waals surface area (Å²) in [4.78, 5) is 12.9. The second kappa shape index (κ2) is 6.62. The molecule has 1 fully saturated rings. The molecule has 4 nitrogen and oxygen atoms in total. The summed E-state index contributed by atoms with van der Waals surface area (Å²) < 4.78 is 44.7. The first kappa shape index (κ1) is 17.3. The molecule has 0 spiro atoms. The van der Waals surface area contributed by atoms with E-state index in [-0.39, 0.29) is 12.1 Å². The lowest BCUT2D eigenvalue weighted by Crippen LogP contribution is -2.35. The largest absolute Gasteiger partial charge is 0.496 e. The van der Waals surface area contributed by atoms with Gasteiger partial charge in [-0.15, -0.1) is 0 Å². The lowest BCUT2D eigenvalue weighted by Gasteiger charge is -2.23. The zero-order valence-corrected chi connectivity index (χ0v) is 12.7. The Hall–Kier alpha value is -2.02. The van der Waals surface area contributed by atoms with E-state index in [1.165, 1.54) is 13.2 Å². The van der Waals surface area contributed by atoms with Crippen LogP contribution in [0.4, 0.5) is 13.2 Å². The number of aliphatic carboxylic acids is 1. The number of carboxylic acids is 1. The molecule has 0 bridgehead atoms. The van der Waals surface area contributed by atoms with Gasteiger partial charge in [-0.25, -0.2) is 0 Å². The molecular weight excluding hydrogens is 311 g/mol. The predicted molar refractivity (Wildman–Crippen MR) is 79.2 cm³/mol. The smallest absolute Gasteiger partial charge is 0.417 e. The van der Waals surface area contributed by atoms with Crippen LogP contribution in [0.1, 0.15) is 29.5 Å². The van der Waals surface area contributed by atoms with Crippen LogP contribution in [0.25, 0.3) is 6.08 Å². The fourth-order valence-corrected chi connectivity index (χ4v) is 2.88. The highest BCUT2D eigenvalue weighted by Crippen LogP contribution is 2.37. The summed E-state index contributed by atoms with van der Waals surface area (Å²) in [5.74, 6) is -0.663. The van der Waals surface area contributed by atoms with Gasteiger partial charge in [0.2, 0.25) is 0 Å². The number of rotatable bonds is 5. The number of methoxy groups -OCH3 is 1. The van der Waals surface area contributed by atoms with Crippen molar-refractivity contribution in [2.75, 3.05) is 13.7 Å². The molecule has 1 heterocycles. The van der Waals surface area contributed by atoms with Gasteiger partial charge in [0, 0.05) is 12.1 Å². The third-order valence-electron chi connectivity index (χ3n) is 4.00. The molecule has 2 rings (SSSR count). The molecule has 1 atom stereocenters. The molecule has 1 saturated heterocycles. The molecule has 0 radical (unpaired) electrons. The first-order chi connectivity index (χ1) is 10.8. The van der Waals surface area contributed by atoms with E-state index in [1.807, 2.05) is 0 Å². The Labute approximate surface area is 132 Å². The number of benzene rings is 1. The minimum Gasteiger partial charge on any atom is -0.496 e. The highest BCUT2D eigenvalue weighted by molar-refractivity contribution is 5.73. The fraction of sp³-hybridized carbons (Fsp3) is 0.438. The summed E-state index contributed by atoms with van der Waals surface area (Å²) >= 11 is 0. The van der Waals surface area contributed by atoms with Crippen molar-refractivity contribution in [1.29, 1.82) is 0 Å². The summed E-state index contributed by atoms with van der Waals surface area (Å²) in [6, 6.07) is 1.64. The standard InChI is InChI=1S/C16H18F3NO3/c1-3-10-8-14(23-2)11(7-12(10)16(17,18)19)9-20-6-4-5-13(20)15(21)22/h3,7-8,13H,1,4-6,9H2,2H3,(H,21,22)/t13-/m0/s1. The van der Waals surface area contributed by atoms with E-state index in [9.17, 15) is 23.1 Å². The number of carboxylic acid groups (broad SMARTS) is 1. The molecule has 0 saturated carbocycles. The minimum absolute atomic E-state index is 0.0608. The van der Waals surface area contributed by atoms with Gasteiger partial charge in [0.15, 0.2) is 0 Å². The Morgan fingerprint density at radius 2 is 2.22 bits per heavy atom. The van der Waals surface area contributed by atoms with Crippen LogP contribution >= 0.6 is 0 Å². The lowest BCUT2D eigenvalue weighted by molar-refractivity contribution is -0.142. The second-order valence-corrected chi connectivity index (χ2v) is 5.42. The van der Waals surface area contributed by atoms with Gasteiger partial charge in [0.25, 0.3) is 0 Å². The summed E-state index contributed by atoms with van der Waals surface area (Å²) in [6.45, 7) is 4.04. The number of hydrogen-bond acceptors (Lipinski definition) is 3. The molecule has 1 N–H and O–H groups in total. The lowest BCUT2D eigenvalue weighted by atomic mass is 10.0. The predicted octanol–water partition coefficient (Wildman–Crippen LogP) is 3.41. The molecular formula is C16H18F3NO3. The van der Waals surface area contributed by atoms with Gasteiger partial charge in [0.05, 0.1) is 12.7 Å². The van der Waals surface area contributed by atoms with Crippen LogP contribution in [0.15, 0.2) is 18.7 Å². The summed E-state index contributed by atoms with van der Waals surface area (Å²) in [6.07, 6.45) is -2.18. The van der Waals surface area contributed by atoms with E-state index in [2.05, 4.69) is 6.58 Å². The maximum absolute atomic E-state index is 13.2. The summed E-state index contributed by atoms with van der Waals surface area (Å²) in [7, 11) is 1.37. The Morgan fingerprint density at radius 1 is 1.52 bits per heavy atom. The van der Waals surface area contributed by atoms with Crippen molar-refractivity contribution < 1.29 is 27.8 Å². The first-order valence-corrected chi connectivity index (χ1v) is 7.15. The van der Waals surface area contributed by atoms with Crippen LogP contribution in [0.5, 0.6) is 5.75 Å². The number of halogens is 3. The van der Waals surface area contributed by atoms with Gasteiger partial charge in [0.1, 0.15) is 11.8 Å². The third-order valence-corrected chi connectivity index (χ3v) is 4.00. The van der Waals surface area contributed by atoms with E-state index in [1.54, 1.807) is 4.90 Å². The minimum atomic E-state index is -4.51. The summed E-state index contributed by atoms with van der Waals surface area (Å²) in [5, 5.41) is 9.19. The van der Waals surface area contributed by atoms with E-state index in [0.717, 1.165) is 12.1 Å². The average molecular weight is 329 g/mol. The zero-order valence-electron chi connectivity index (χ0n) is 12.7. The third kappa shape index (κ3) is 3.67. The second-order valence-electron chi connectivity index (χ2n) is 5.42. The highest BCUT2D eigenvalue weighted by Gasteiger charge is 2.35. The van der Waals surface area contributed by atoms with Gasteiger partial charge in [-0.1, -0.05) is 12.7 Å². The van der Waals surface area contributed by atoms with Crippen molar-refractivity contribution in [3.05, 3.63) is 35.4 Å². The fourth-order valence-electron chi connectivity index (χ4n) is 2.88. The van der Waals surface area contributed by atoms with Gasteiger partial charge >= 0.3 is 12.1 Å². The molecule has 0 aromatic heterocycles. The zero-order chi connectivity index (χ0) is 17.2. The van der Waals surface area contributed by atoms with E-state index in [4.69, 9.17) is 4.74 Å². The average Bonchev–Trinajstić information content (AvgIpc) is 2.94. The molecule has 1 aliphatic heterocycles. The molecule has 126 valence electrons. The van der Waals surface area contributed by atoms with Crippen LogP contribution < -0.4 is 4.74 Å². The number of carbonyl (C=O) groups is 1. The molecule has 23 heavy (non-hydrogen) atoms. The molecule has 0 amide bonds. The van der Waals surface area contributed by atoms with Gasteiger partial charge < -0.3 is 9.84 Å². The quantitative estimate of drug-likeness (QED) is 0.899. The molecule has 1 aliphatic rings. The number of likely N-dealkylation sites (tertiary alicyclic amines) is 1. The van der Waals surface area contributed by atoms with Crippen molar-refractivity contribution in [3.8, 4) is 5.75 Å². The van der Waals surface area contributed by atoms with Gasteiger partial charge in [-0.2, -0.15) is 13.2 Å². The molecule has 1 aromatic rings. The van der Waals surface area contributed by atoms with Crippen molar-refractivity contribution >= 4 is 12.0 Å². The van der Waals surface area contributed by atoms with Crippen LogP contribution in [0, 0.1) is 0 Å². The van der Waals surface area contributed by atoms with Crippen molar-refractivity contribution in [2.45, 2.75) is 31.6 Å². The first-order valence-electron chi connectivity index (χ1n) is 7.15. The number of hydrogen-bond donors (Lipinski definition) is 1. The highest BCUT2D eigenvalue weighted by atomic mass is 19.4. The van der Waals surface area contributed by atoms with Crippen LogP contribution in [0.3, 0.4) is 0 Å². The van der Waals surface area contributed by atoms with Crippen LogP contribution in [-0.4, -0.2) is 35.7 Å². The number of ether oxygens (including phenoxy) is 1. The normalized spacial score (nSPS) is 18.9. The number of alkyl halides is 3. The maximum Gasteiger partial charge on any atom is 0.417 e. The molecule has 7 heteroatoms. The van der Waals surface area contributed by atoms with Crippen molar-refractivity contribution in [1.82, 2.24) is 4.90 Å². The van der Waals surface area contributed by atoms with Crippen LogP contribution in [0.2, 0.25) is 0 Å². The Bertz CT molecular complexity index is 613. The summed E-state index contributed by atoms with van der Waals surface area (Å²) in [5.41, 5.74) is -0.540. The monoisotopic (exact) mass is 329 g/mol. The van der Waals surface area contributed by atoms with Crippen LogP contribution in [-0.2, 0) is 17.5 Å². The number of nitrogens with zero attached hydrogens (tertiary/aromatic N) is 1. The van der Waals surface area contributed by atoms with Gasteiger partial charge in [-0.05, 0) is 37.1 Å². The van der Waals surface area contributed by atoms with E-state index in [0.29, 0.717) is 30.7 Å². The van der Waals surface area contributed by atoms with E-state index < -0.39 is 23.8 Å². The van der Waals surface area contributed by atoms with Crippen molar-refractivity contribution in [3.63, 3.8) is 0 Å². The molecule has 0 aliphatic carbocycles. The molecule has 0 unspecified atom stereocenters. The Balaban J connectivity index is 2.41. The SMILES string of the molecule is C=Cc1cc(OC)c(CN2CCC[C@H]2C(=O)O)cc1C(F)(F)F. The molecule has 1 aromatic carbocycles.